The van der Waals surface area contributed by atoms with Crippen molar-refractivity contribution in [3.8, 4) is 0 Å². The van der Waals surface area contributed by atoms with Crippen LogP contribution in [0.4, 0.5) is 0 Å². The van der Waals surface area contributed by atoms with Gasteiger partial charge in [0.05, 0.1) is 0 Å². The highest BCUT2D eigenvalue weighted by Crippen LogP contribution is 2.09. The minimum absolute atomic E-state index is 0. The summed E-state index contributed by atoms with van der Waals surface area (Å²) >= 11 is 0. The minimum atomic E-state index is 0. The van der Waals surface area contributed by atoms with Crippen molar-refractivity contribution in [2.75, 3.05) is 0 Å². The number of hydrogen-bond acceptors (Lipinski definition) is 1. The Hall–Kier alpha value is -0.530. The van der Waals surface area contributed by atoms with E-state index in [2.05, 4.69) is 57.3 Å². The molecule has 0 unspecified atom stereocenters. The van der Waals surface area contributed by atoms with Gasteiger partial charge in [-0.2, -0.15) is 0 Å². The standard InChI is InChI=1S/C14H23N.ClH/c1-11(2)9-13-5-7-14(8-6-13)10-15-12(3)4;/h5-8,11-12,15H,9-10H2,1-4H3;1H. The Labute approximate surface area is 106 Å². The highest BCUT2D eigenvalue weighted by atomic mass is 35.5. The topological polar surface area (TPSA) is 12.0 Å². The summed E-state index contributed by atoms with van der Waals surface area (Å²) in [6, 6.07) is 9.51. The lowest BCUT2D eigenvalue weighted by molar-refractivity contribution is 0.588. The van der Waals surface area contributed by atoms with Crippen LogP contribution in [-0.2, 0) is 13.0 Å². The van der Waals surface area contributed by atoms with Gasteiger partial charge >= 0.3 is 0 Å². The molecular weight excluding hydrogens is 218 g/mol. The van der Waals surface area contributed by atoms with Crippen molar-refractivity contribution >= 4 is 12.4 Å². The molecule has 0 radical (unpaired) electrons. The van der Waals surface area contributed by atoms with E-state index in [4.69, 9.17) is 0 Å². The third-order valence-electron chi connectivity index (χ3n) is 2.38. The molecule has 16 heavy (non-hydrogen) atoms. The Morgan fingerprint density at radius 3 is 1.88 bits per heavy atom. The number of nitrogens with one attached hydrogen (secondary N) is 1. The molecule has 0 aliphatic heterocycles. The van der Waals surface area contributed by atoms with E-state index in [1.54, 1.807) is 0 Å². The predicted molar refractivity (Wildman–Crippen MR) is 74.2 cm³/mol. The number of hydrogen-bond donors (Lipinski definition) is 1. The first-order valence-electron chi connectivity index (χ1n) is 5.89. The number of rotatable bonds is 5. The van der Waals surface area contributed by atoms with Crippen LogP contribution in [0.2, 0.25) is 0 Å². The van der Waals surface area contributed by atoms with Gasteiger partial charge in [-0.25, -0.2) is 0 Å². The van der Waals surface area contributed by atoms with E-state index in [0.29, 0.717) is 6.04 Å². The zero-order valence-electron chi connectivity index (χ0n) is 10.8. The largest absolute Gasteiger partial charge is 0.310 e. The van der Waals surface area contributed by atoms with Crippen LogP contribution in [0.25, 0.3) is 0 Å². The van der Waals surface area contributed by atoms with Gasteiger partial charge in [-0.05, 0) is 23.5 Å². The average molecular weight is 242 g/mol. The Bertz CT molecular complexity index is 277. The van der Waals surface area contributed by atoms with E-state index in [1.807, 2.05) is 0 Å². The summed E-state index contributed by atoms with van der Waals surface area (Å²) < 4.78 is 0. The third kappa shape index (κ3) is 6.14. The fourth-order valence-corrected chi connectivity index (χ4v) is 1.59. The van der Waals surface area contributed by atoms with Gasteiger partial charge in [-0.1, -0.05) is 52.0 Å². The van der Waals surface area contributed by atoms with Gasteiger partial charge in [0.25, 0.3) is 0 Å². The molecule has 0 bridgehead atoms. The van der Waals surface area contributed by atoms with Gasteiger partial charge in [0.1, 0.15) is 0 Å². The summed E-state index contributed by atoms with van der Waals surface area (Å²) in [5, 5.41) is 3.42. The molecule has 1 aromatic carbocycles. The third-order valence-corrected chi connectivity index (χ3v) is 2.38. The molecule has 0 amide bonds. The summed E-state index contributed by atoms with van der Waals surface area (Å²) in [4.78, 5) is 0. The summed E-state index contributed by atoms with van der Waals surface area (Å²) in [5.41, 5.74) is 2.81. The predicted octanol–water partition coefficient (Wildman–Crippen LogP) is 3.80. The van der Waals surface area contributed by atoms with Crippen molar-refractivity contribution in [3.05, 3.63) is 35.4 Å². The van der Waals surface area contributed by atoms with Crippen LogP contribution in [0, 0.1) is 5.92 Å². The lowest BCUT2D eigenvalue weighted by atomic mass is 10.0. The van der Waals surface area contributed by atoms with E-state index >= 15 is 0 Å². The van der Waals surface area contributed by atoms with E-state index in [9.17, 15) is 0 Å². The van der Waals surface area contributed by atoms with Crippen molar-refractivity contribution in [3.63, 3.8) is 0 Å². The molecule has 0 fully saturated rings. The smallest absolute Gasteiger partial charge is 0.0207 e. The SMILES string of the molecule is CC(C)Cc1ccc(CNC(C)C)cc1.Cl. The van der Waals surface area contributed by atoms with Gasteiger partial charge < -0.3 is 5.32 Å². The Kier molecular flexibility index (Phi) is 7.44. The van der Waals surface area contributed by atoms with E-state index in [1.165, 1.54) is 17.5 Å². The Morgan fingerprint density at radius 2 is 1.44 bits per heavy atom. The molecule has 0 saturated heterocycles. The molecule has 0 aliphatic rings. The van der Waals surface area contributed by atoms with Crippen molar-refractivity contribution in [2.24, 2.45) is 5.92 Å². The van der Waals surface area contributed by atoms with Gasteiger partial charge in [-0.3, -0.25) is 0 Å². The fraction of sp³-hybridized carbons (Fsp3) is 0.571. The molecule has 0 saturated carbocycles. The molecule has 2 heteroatoms. The van der Waals surface area contributed by atoms with Gasteiger partial charge in [0.2, 0.25) is 0 Å². The fourth-order valence-electron chi connectivity index (χ4n) is 1.59. The Morgan fingerprint density at radius 1 is 0.938 bits per heavy atom. The quantitative estimate of drug-likeness (QED) is 0.827. The number of benzene rings is 1. The van der Waals surface area contributed by atoms with Crippen LogP contribution in [-0.4, -0.2) is 6.04 Å². The molecule has 0 aliphatic carbocycles. The maximum Gasteiger partial charge on any atom is 0.0207 e. The van der Waals surface area contributed by atoms with Crippen LogP contribution in [0.15, 0.2) is 24.3 Å². The summed E-state index contributed by atoms with van der Waals surface area (Å²) in [7, 11) is 0. The molecule has 0 atom stereocenters. The summed E-state index contributed by atoms with van der Waals surface area (Å²) in [6.07, 6.45) is 1.18. The van der Waals surface area contributed by atoms with E-state index in [0.717, 1.165) is 12.5 Å². The average Bonchev–Trinajstić information content (AvgIpc) is 2.16. The first-order valence-corrected chi connectivity index (χ1v) is 5.89. The first kappa shape index (κ1) is 15.5. The highest BCUT2D eigenvalue weighted by molar-refractivity contribution is 5.85. The molecule has 1 N–H and O–H groups in total. The number of halogens is 1. The molecule has 92 valence electrons. The molecule has 1 rings (SSSR count). The lowest BCUT2D eigenvalue weighted by Gasteiger charge is -2.09. The molecule has 0 aromatic heterocycles. The second-order valence-electron chi connectivity index (χ2n) is 4.95. The van der Waals surface area contributed by atoms with Crippen LogP contribution in [0.1, 0.15) is 38.8 Å². The summed E-state index contributed by atoms with van der Waals surface area (Å²) in [5.74, 6) is 0.740. The molecule has 1 aromatic rings. The molecule has 0 spiro atoms. The molecule has 0 heterocycles. The normalized spacial score (nSPS) is 10.6. The van der Waals surface area contributed by atoms with Crippen molar-refractivity contribution in [2.45, 2.75) is 46.7 Å². The lowest BCUT2D eigenvalue weighted by Crippen LogP contribution is -2.21. The van der Waals surface area contributed by atoms with Crippen molar-refractivity contribution in [1.82, 2.24) is 5.32 Å². The van der Waals surface area contributed by atoms with Crippen LogP contribution >= 0.6 is 12.4 Å². The van der Waals surface area contributed by atoms with E-state index in [-0.39, 0.29) is 12.4 Å². The summed E-state index contributed by atoms with van der Waals surface area (Å²) in [6.45, 7) is 9.84. The van der Waals surface area contributed by atoms with Crippen molar-refractivity contribution < 1.29 is 0 Å². The van der Waals surface area contributed by atoms with Crippen LogP contribution in [0.3, 0.4) is 0 Å². The monoisotopic (exact) mass is 241 g/mol. The Balaban J connectivity index is 0.00000225. The zero-order chi connectivity index (χ0) is 11.3. The van der Waals surface area contributed by atoms with Gasteiger partial charge in [0, 0.05) is 12.6 Å². The zero-order valence-corrected chi connectivity index (χ0v) is 11.6. The highest BCUT2D eigenvalue weighted by Gasteiger charge is 1.98. The van der Waals surface area contributed by atoms with Gasteiger partial charge in [0.15, 0.2) is 0 Å². The second-order valence-corrected chi connectivity index (χ2v) is 4.95. The van der Waals surface area contributed by atoms with E-state index < -0.39 is 0 Å². The first-order chi connectivity index (χ1) is 7.08. The maximum atomic E-state index is 3.42. The van der Waals surface area contributed by atoms with Crippen molar-refractivity contribution in [1.29, 1.82) is 0 Å². The van der Waals surface area contributed by atoms with Crippen LogP contribution < -0.4 is 5.32 Å². The molecular formula is C14H24ClN. The van der Waals surface area contributed by atoms with Crippen LogP contribution in [0.5, 0.6) is 0 Å². The second kappa shape index (κ2) is 7.70. The maximum absolute atomic E-state index is 3.42. The minimum Gasteiger partial charge on any atom is -0.310 e. The van der Waals surface area contributed by atoms with Gasteiger partial charge in [-0.15, -0.1) is 12.4 Å². The molecule has 1 nitrogen and oxygen atoms in total.